The van der Waals surface area contributed by atoms with Gasteiger partial charge in [-0.05, 0) is 62.8 Å². The van der Waals surface area contributed by atoms with E-state index in [1.165, 1.54) is 35.6 Å². The van der Waals surface area contributed by atoms with Crippen molar-refractivity contribution in [2.45, 2.75) is 81.8 Å². The highest BCUT2D eigenvalue weighted by Crippen LogP contribution is 2.47. The number of carboxylic acids is 1. The van der Waals surface area contributed by atoms with Crippen LogP contribution in [0.3, 0.4) is 0 Å². The topological polar surface area (TPSA) is 97.9 Å². The van der Waals surface area contributed by atoms with Crippen molar-refractivity contribution < 1.29 is 50.2 Å². The van der Waals surface area contributed by atoms with Crippen molar-refractivity contribution in [1.82, 2.24) is 10.1 Å². The Bertz CT molecular complexity index is 1790. The Morgan fingerprint density at radius 3 is 2.40 bits per heavy atom. The lowest BCUT2D eigenvalue weighted by molar-refractivity contribution is -0.274. The molecule has 3 fully saturated rings. The largest absolute Gasteiger partial charge is 0.573 e. The highest BCUT2D eigenvalue weighted by Gasteiger charge is 2.43. The number of fused-ring (bicyclic) bond motifs is 2. The fourth-order valence-electron chi connectivity index (χ4n) is 6.63. The summed E-state index contributed by atoms with van der Waals surface area (Å²) in [6.45, 7) is 0.102. The molecule has 0 amide bonds. The predicted molar refractivity (Wildman–Crippen MR) is 157 cm³/mol. The van der Waals surface area contributed by atoms with Crippen LogP contribution in [0.15, 0.2) is 52.4 Å². The van der Waals surface area contributed by atoms with Gasteiger partial charge in [0, 0.05) is 40.1 Å². The summed E-state index contributed by atoms with van der Waals surface area (Å²) in [7, 11) is 0. The SMILES string of the molecule is O=C(O)c1ccc(-c2csc(N3C4CCC3CC(OCc3c(-c5ccccc5OC(F)(F)F)noc3C3CC3)C4)n2)cc1C(F)(F)F. The van der Waals surface area contributed by atoms with E-state index in [4.69, 9.17) is 9.26 Å². The maximum Gasteiger partial charge on any atom is 0.573 e. The van der Waals surface area contributed by atoms with Crippen molar-refractivity contribution in [2.75, 3.05) is 4.90 Å². The second-order valence-electron chi connectivity index (χ2n) is 12.0. The van der Waals surface area contributed by atoms with Crippen LogP contribution < -0.4 is 9.64 Å². The van der Waals surface area contributed by atoms with E-state index in [1.54, 1.807) is 11.4 Å². The van der Waals surface area contributed by atoms with Gasteiger partial charge in [-0.1, -0.05) is 23.4 Å². The van der Waals surface area contributed by atoms with Crippen LogP contribution in [-0.4, -0.2) is 45.8 Å². The normalized spacial score (nSPS) is 21.3. The molecule has 3 aliphatic rings. The summed E-state index contributed by atoms with van der Waals surface area (Å²) in [6.07, 6.45) is -5.03. The van der Waals surface area contributed by atoms with E-state index in [1.807, 2.05) is 0 Å². The van der Waals surface area contributed by atoms with Crippen LogP contribution in [0.2, 0.25) is 0 Å². The maximum absolute atomic E-state index is 13.6. The van der Waals surface area contributed by atoms with Crippen LogP contribution in [0.25, 0.3) is 22.5 Å². The van der Waals surface area contributed by atoms with E-state index in [9.17, 15) is 36.2 Å². The molecule has 7 rings (SSSR count). The average Bonchev–Trinajstić information content (AvgIpc) is 3.47. The first-order chi connectivity index (χ1) is 22.4. The molecule has 4 heterocycles. The monoisotopic (exact) mass is 679 g/mol. The molecule has 47 heavy (non-hydrogen) atoms. The molecule has 1 saturated carbocycles. The highest BCUT2D eigenvalue weighted by molar-refractivity contribution is 7.14. The number of alkyl halides is 6. The summed E-state index contributed by atoms with van der Waals surface area (Å²) in [5.74, 6) is -1.29. The first-order valence-corrected chi connectivity index (χ1v) is 15.9. The molecule has 1 N–H and O–H groups in total. The van der Waals surface area contributed by atoms with Gasteiger partial charge in [-0.25, -0.2) is 9.78 Å². The molecular formula is C32H27F6N3O5S. The number of carbonyl (C=O) groups is 1. The fourth-order valence-corrected chi connectivity index (χ4v) is 7.61. The molecule has 2 atom stereocenters. The quantitative estimate of drug-likeness (QED) is 0.176. The molecular weight excluding hydrogens is 652 g/mol. The number of anilines is 1. The van der Waals surface area contributed by atoms with E-state index in [0.717, 1.165) is 37.8 Å². The van der Waals surface area contributed by atoms with Gasteiger partial charge in [-0.2, -0.15) is 13.2 Å². The van der Waals surface area contributed by atoms with Gasteiger partial charge >= 0.3 is 18.5 Å². The summed E-state index contributed by atoms with van der Waals surface area (Å²) < 4.78 is 96.5. The number of aromatic nitrogens is 2. The number of hydrogen-bond donors (Lipinski definition) is 1. The van der Waals surface area contributed by atoms with Crippen LogP contribution in [0, 0.1) is 0 Å². The third-order valence-electron chi connectivity index (χ3n) is 8.85. The second kappa shape index (κ2) is 11.8. The third kappa shape index (κ3) is 6.42. The van der Waals surface area contributed by atoms with Crippen molar-refractivity contribution in [1.29, 1.82) is 0 Å². The minimum absolute atomic E-state index is 0.0728. The minimum Gasteiger partial charge on any atom is -0.478 e. The molecule has 0 radical (unpaired) electrons. The lowest BCUT2D eigenvalue weighted by atomic mass is 9.99. The van der Waals surface area contributed by atoms with Crippen LogP contribution in [0.5, 0.6) is 5.75 Å². The first kappa shape index (κ1) is 31.5. The Morgan fingerprint density at radius 2 is 1.74 bits per heavy atom. The Morgan fingerprint density at radius 1 is 1.02 bits per heavy atom. The van der Waals surface area contributed by atoms with Crippen LogP contribution in [-0.2, 0) is 17.5 Å². The number of hydrogen-bond acceptors (Lipinski definition) is 8. The molecule has 8 nitrogen and oxygen atoms in total. The summed E-state index contributed by atoms with van der Waals surface area (Å²) in [6, 6.07) is 9.03. The molecule has 2 aromatic carbocycles. The zero-order valence-corrected chi connectivity index (χ0v) is 25.3. The molecule has 15 heteroatoms. The second-order valence-corrected chi connectivity index (χ2v) is 12.8. The minimum atomic E-state index is -4.88. The van der Waals surface area contributed by atoms with E-state index >= 15 is 0 Å². The zero-order chi connectivity index (χ0) is 33.1. The van der Waals surface area contributed by atoms with E-state index < -0.39 is 29.6 Å². The van der Waals surface area contributed by atoms with Crippen LogP contribution in [0.1, 0.15) is 71.7 Å². The lowest BCUT2D eigenvalue weighted by Gasteiger charge is -2.38. The number of benzene rings is 2. The van der Waals surface area contributed by atoms with Crippen LogP contribution in [0.4, 0.5) is 31.5 Å². The number of aromatic carboxylic acids is 1. The number of ether oxygens (including phenoxy) is 2. The van der Waals surface area contributed by atoms with Crippen molar-refractivity contribution in [3.05, 3.63) is 70.3 Å². The Labute approximate surface area is 267 Å². The number of carboxylic acid groups (broad SMARTS) is 1. The van der Waals surface area contributed by atoms with Gasteiger partial charge in [0.1, 0.15) is 17.2 Å². The van der Waals surface area contributed by atoms with Crippen molar-refractivity contribution >= 4 is 22.4 Å². The van der Waals surface area contributed by atoms with Crippen LogP contribution >= 0.6 is 11.3 Å². The van der Waals surface area contributed by atoms with Gasteiger partial charge in [0.05, 0.1) is 29.5 Å². The summed E-state index contributed by atoms with van der Waals surface area (Å²) in [5, 5.41) is 15.7. The number of thiazole rings is 1. The molecule has 248 valence electrons. The summed E-state index contributed by atoms with van der Waals surface area (Å²) in [4.78, 5) is 18.2. The van der Waals surface area contributed by atoms with Crippen molar-refractivity contribution in [3.8, 4) is 28.3 Å². The zero-order valence-electron chi connectivity index (χ0n) is 24.5. The van der Waals surface area contributed by atoms with Crippen molar-refractivity contribution in [2.24, 2.45) is 0 Å². The molecule has 2 saturated heterocycles. The Hall–Kier alpha value is -4.11. The standard InChI is InChI=1S/C32H27F6N3O5S/c33-31(34,35)24-11-17(7-10-21(24)29(42)43)25-15-47-30(39-25)41-18-8-9-19(41)13-20(12-18)44-14-23-27(40-46-28(23)16-5-6-16)22-3-1-2-4-26(22)45-32(36,37)38/h1-4,7,10-11,15-16,18-20H,5-6,8-9,12-14H2,(H,42,43). The van der Waals surface area contributed by atoms with E-state index in [2.05, 4.69) is 19.8 Å². The van der Waals surface area contributed by atoms with Gasteiger partial charge in [0.15, 0.2) is 5.13 Å². The van der Waals surface area contributed by atoms with Gasteiger partial charge in [-0.3, -0.25) is 0 Å². The molecule has 1 aliphatic carbocycles. The number of nitrogens with zero attached hydrogens (tertiary/aromatic N) is 3. The molecule has 2 aromatic heterocycles. The predicted octanol–water partition coefficient (Wildman–Crippen LogP) is 8.67. The number of para-hydroxylation sites is 1. The molecule has 2 bridgehead atoms. The van der Waals surface area contributed by atoms with Gasteiger partial charge in [0.25, 0.3) is 0 Å². The van der Waals surface area contributed by atoms with Crippen molar-refractivity contribution in [3.63, 3.8) is 0 Å². The fraction of sp³-hybridized carbons (Fsp3) is 0.406. The summed E-state index contributed by atoms with van der Waals surface area (Å²) >= 11 is 1.32. The molecule has 4 aromatic rings. The van der Waals surface area contributed by atoms with E-state index in [-0.39, 0.29) is 53.3 Å². The smallest absolute Gasteiger partial charge is 0.478 e. The third-order valence-corrected chi connectivity index (χ3v) is 9.71. The molecule has 2 unspecified atom stereocenters. The maximum atomic E-state index is 13.6. The number of halogens is 6. The number of piperidine rings is 1. The van der Waals surface area contributed by atoms with Gasteiger partial charge in [-0.15, -0.1) is 24.5 Å². The lowest BCUT2D eigenvalue weighted by Crippen LogP contribution is -2.45. The molecule has 2 aliphatic heterocycles. The first-order valence-electron chi connectivity index (χ1n) is 15.0. The number of rotatable bonds is 9. The summed E-state index contributed by atoms with van der Waals surface area (Å²) in [5.41, 5.74) is -0.523. The molecule has 0 spiro atoms. The Kier molecular flexibility index (Phi) is 7.94. The highest BCUT2D eigenvalue weighted by atomic mass is 32.1. The van der Waals surface area contributed by atoms with Gasteiger partial charge < -0.3 is 24.0 Å². The average molecular weight is 680 g/mol. The van der Waals surface area contributed by atoms with Gasteiger partial charge in [0.2, 0.25) is 0 Å². The van der Waals surface area contributed by atoms with E-state index in [0.29, 0.717) is 35.0 Å². The Balaban J connectivity index is 1.07.